The van der Waals surface area contributed by atoms with Crippen LogP contribution < -0.4 is 5.43 Å². The molecule has 0 radical (unpaired) electrons. The molecule has 1 heterocycles. The molecule has 0 aliphatic rings. The molecule has 1 aromatic heterocycles. The van der Waals surface area contributed by atoms with Gasteiger partial charge in [-0.1, -0.05) is 40.2 Å². The summed E-state index contributed by atoms with van der Waals surface area (Å²) in [6.07, 6.45) is 0.967. The van der Waals surface area contributed by atoms with Gasteiger partial charge in [0.25, 0.3) is 0 Å². The molecule has 0 spiro atoms. The minimum absolute atomic E-state index is 0.133. The minimum Gasteiger partial charge on any atom is -0.443 e. The molecular weight excluding hydrogens is 358 g/mol. The molecule has 3 rings (SSSR count). The van der Waals surface area contributed by atoms with E-state index in [9.17, 15) is 9.59 Å². The molecule has 2 aromatic carbocycles. The molecular formula is C18H16BrNO3. The Labute approximate surface area is 141 Å². The average molecular weight is 374 g/mol. The lowest BCUT2D eigenvalue weighted by molar-refractivity contribution is 0.0544. The monoisotopic (exact) mass is 373 g/mol. The van der Waals surface area contributed by atoms with Crippen molar-refractivity contribution in [3.63, 3.8) is 0 Å². The summed E-state index contributed by atoms with van der Waals surface area (Å²) >= 11 is 3.50. The first kappa shape index (κ1) is 15.7. The zero-order valence-electron chi connectivity index (χ0n) is 13.1. The Bertz CT molecular complexity index is 983. The molecule has 0 saturated heterocycles. The maximum atomic E-state index is 12.5. The Morgan fingerprint density at radius 3 is 2.39 bits per heavy atom. The lowest BCUT2D eigenvalue weighted by Gasteiger charge is -2.21. The molecule has 0 amide bonds. The highest BCUT2D eigenvalue weighted by molar-refractivity contribution is 9.10. The number of pyridine rings is 1. The number of carbonyl (C=O) groups excluding carboxylic acids is 1. The smallest absolute Gasteiger partial charge is 0.419 e. The number of aromatic nitrogens is 1. The molecule has 23 heavy (non-hydrogen) atoms. The van der Waals surface area contributed by atoms with Gasteiger partial charge in [0, 0.05) is 27.5 Å². The summed E-state index contributed by atoms with van der Waals surface area (Å²) in [5.41, 5.74) is -0.186. The van der Waals surface area contributed by atoms with Crippen LogP contribution in [0.5, 0.6) is 0 Å². The first-order valence-electron chi connectivity index (χ1n) is 7.24. The number of ether oxygens (including phenoxy) is 1. The van der Waals surface area contributed by atoms with Crippen molar-refractivity contribution < 1.29 is 9.53 Å². The van der Waals surface area contributed by atoms with Crippen molar-refractivity contribution in [3.8, 4) is 0 Å². The van der Waals surface area contributed by atoms with Crippen molar-refractivity contribution in [2.45, 2.75) is 26.4 Å². The van der Waals surface area contributed by atoms with E-state index in [2.05, 4.69) is 15.9 Å². The summed E-state index contributed by atoms with van der Waals surface area (Å²) in [4.78, 5) is 24.8. The van der Waals surface area contributed by atoms with Gasteiger partial charge < -0.3 is 4.74 Å². The quantitative estimate of drug-likeness (QED) is 0.536. The molecule has 0 aliphatic heterocycles. The van der Waals surface area contributed by atoms with Gasteiger partial charge in [0.2, 0.25) is 0 Å². The number of nitrogens with zero attached hydrogens (tertiary/aromatic N) is 1. The van der Waals surface area contributed by atoms with Crippen LogP contribution in [0.1, 0.15) is 20.8 Å². The molecule has 4 nitrogen and oxygen atoms in total. The van der Waals surface area contributed by atoms with E-state index in [0.29, 0.717) is 10.9 Å². The molecule has 0 unspecified atom stereocenters. The number of hydrogen-bond donors (Lipinski definition) is 0. The van der Waals surface area contributed by atoms with Crippen LogP contribution in [0.2, 0.25) is 0 Å². The van der Waals surface area contributed by atoms with Gasteiger partial charge in [-0.15, -0.1) is 0 Å². The highest BCUT2D eigenvalue weighted by Crippen LogP contribution is 2.30. The van der Waals surface area contributed by atoms with Crippen molar-refractivity contribution in [1.29, 1.82) is 0 Å². The Morgan fingerprint density at radius 1 is 1.09 bits per heavy atom. The zero-order valence-corrected chi connectivity index (χ0v) is 14.7. The normalized spacial score (nSPS) is 11.8. The molecule has 3 aromatic rings. The Hall–Kier alpha value is -2.14. The molecule has 5 heteroatoms. The van der Waals surface area contributed by atoms with Crippen LogP contribution in [0.3, 0.4) is 0 Å². The van der Waals surface area contributed by atoms with Crippen LogP contribution in [0.15, 0.2) is 51.9 Å². The first-order valence-corrected chi connectivity index (χ1v) is 8.03. The molecule has 118 valence electrons. The van der Waals surface area contributed by atoms with Crippen molar-refractivity contribution in [1.82, 2.24) is 4.57 Å². The Kier molecular flexibility index (Phi) is 3.76. The van der Waals surface area contributed by atoms with Crippen LogP contribution in [-0.2, 0) is 4.74 Å². The van der Waals surface area contributed by atoms with Gasteiger partial charge >= 0.3 is 6.09 Å². The van der Waals surface area contributed by atoms with Crippen LogP contribution in [0.25, 0.3) is 21.7 Å². The predicted molar refractivity (Wildman–Crippen MR) is 95.0 cm³/mol. The van der Waals surface area contributed by atoms with Crippen LogP contribution in [0.4, 0.5) is 4.79 Å². The second-order valence-corrected chi connectivity index (χ2v) is 7.18. The zero-order chi connectivity index (χ0) is 16.8. The highest BCUT2D eigenvalue weighted by atomic mass is 79.9. The lowest BCUT2D eigenvalue weighted by atomic mass is 10.1. The third kappa shape index (κ3) is 2.88. The van der Waals surface area contributed by atoms with E-state index in [1.54, 1.807) is 6.07 Å². The largest absolute Gasteiger partial charge is 0.443 e. The number of halogens is 1. The van der Waals surface area contributed by atoms with Crippen LogP contribution in [-0.4, -0.2) is 16.3 Å². The summed E-state index contributed by atoms with van der Waals surface area (Å²) in [6.45, 7) is 5.43. The van der Waals surface area contributed by atoms with Gasteiger partial charge in [-0.2, -0.15) is 0 Å². The summed E-state index contributed by atoms with van der Waals surface area (Å²) in [7, 11) is 0. The van der Waals surface area contributed by atoms with Gasteiger partial charge in [-0.25, -0.2) is 4.79 Å². The van der Waals surface area contributed by atoms with Crippen LogP contribution >= 0.6 is 15.9 Å². The fraction of sp³-hybridized carbons (Fsp3) is 0.222. The van der Waals surface area contributed by atoms with Crippen molar-refractivity contribution >= 4 is 43.7 Å². The molecule has 0 atom stereocenters. The molecule has 0 saturated carbocycles. The van der Waals surface area contributed by atoms with E-state index in [0.717, 1.165) is 15.2 Å². The summed E-state index contributed by atoms with van der Waals surface area (Å²) in [5.74, 6) is 0. The number of fused-ring (bicyclic) bond motifs is 3. The van der Waals surface area contributed by atoms with E-state index in [1.807, 2.05) is 45.0 Å². The van der Waals surface area contributed by atoms with E-state index >= 15 is 0 Å². The summed E-state index contributed by atoms with van der Waals surface area (Å²) < 4.78 is 7.68. The SMILES string of the molecule is CC(C)(C)OC(=O)n1ccc(=O)c2cc(Br)c3ccccc3c21. The third-order valence-corrected chi connectivity index (χ3v) is 4.09. The number of benzene rings is 2. The number of carbonyl (C=O) groups is 1. The standard InChI is InChI=1S/C18H16BrNO3/c1-18(2,3)23-17(22)20-9-8-15(21)13-10-14(19)11-6-4-5-7-12(11)16(13)20/h4-10H,1-3H3. The topological polar surface area (TPSA) is 48.3 Å². The van der Waals surface area contributed by atoms with Crippen molar-refractivity contribution in [3.05, 3.63) is 57.3 Å². The molecule has 0 fully saturated rings. The van der Waals surface area contributed by atoms with Gasteiger partial charge in [0.1, 0.15) is 5.60 Å². The van der Waals surface area contributed by atoms with Gasteiger partial charge in [-0.3, -0.25) is 9.36 Å². The summed E-state index contributed by atoms with van der Waals surface area (Å²) in [6, 6.07) is 10.8. The van der Waals surface area contributed by atoms with Gasteiger partial charge in [0.15, 0.2) is 5.43 Å². The third-order valence-electron chi connectivity index (χ3n) is 3.44. The first-order chi connectivity index (χ1) is 10.8. The maximum absolute atomic E-state index is 12.5. The van der Waals surface area contributed by atoms with E-state index in [4.69, 9.17) is 4.74 Å². The Morgan fingerprint density at radius 2 is 1.74 bits per heavy atom. The second kappa shape index (κ2) is 5.49. The average Bonchev–Trinajstić information content (AvgIpc) is 2.47. The Balaban J connectivity index is 2.40. The molecule has 0 aliphatic carbocycles. The molecule has 0 bridgehead atoms. The minimum atomic E-state index is -0.613. The van der Waals surface area contributed by atoms with E-state index in [1.165, 1.54) is 16.8 Å². The fourth-order valence-corrected chi connectivity index (χ4v) is 3.11. The number of hydrogen-bond acceptors (Lipinski definition) is 3. The maximum Gasteiger partial charge on any atom is 0.419 e. The van der Waals surface area contributed by atoms with Gasteiger partial charge in [0.05, 0.1) is 5.52 Å². The van der Waals surface area contributed by atoms with Gasteiger partial charge in [-0.05, 0) is 32.2 Å². The molecule has 0 N–H and O–H groups in total. The second-order valence-electron chi connectivity index (χ2n) is 6.33. The lowest BCUT2D eigenvalue weighted by Crippen LogP contribution is -2.28. The highest BCUT2D eigenvalue weighted by Gasteiger charge is 2.20. The van der Waals surface area contributed by atoms with E-state index in [-0.39, 0.29) is 5.43 Å². The summed E-state index contributed by atoms with van der Waals surface area (Å²) in [5, 5.41) is 2.23. The van der Waals surface area contributed by atoms with Crippen molar-refractivity contribution in [2.24, 2.45) is 0 Å². The predicted octanol–water partition coefficient (Wildman–Crippen LogP) is 4.70. The fourth-order valence-electron chi connectivity index (χ4n) is 2.53. The van der Waals surface area contributed by atoms with Crippen molar-refractivity contribution in [2.75, 3.05) is 0 Å². The van der Waals surface area contributed by atoms with E-state index < -0.39 is 11.7 Å². The number of rotatable bonds is 0. The van der Waals surface area contributed by atoms with Crippen LogP contribution in [0, 0.1) is 0 Å².